The second-order valence-electron chi connectivity index (χ2n) is 5.55. The van der Waals surface area contributed by atoms with Crippen LogP contribution in [0.5, 0.6) is 0 Å². The molecule has 122 valence electrons. The number of fused-ring (bicyclic) bond motifs is 3. The Balaban J connectivity index is 0.00000196. The summed E-state index contributed by atoms with van der Waals surface area (Å²) in [7, 11) is 0. The second kappa shape index (κ2) is 7.76. The molecule has 2 aromatic heterocycles. The van der Waals surface area contributed by atoms with E-state index in [0.717, 1.165) is 21.8 Å². The second-order valence-corrected chi connectivity index (χ2v) is 5.99. The van der Waals surface area contributed by atoms with E-state index >= 15 is 0 Å². The summed E-state index contributed by atoms with van der Waals surface area (Å²) in [4.78, 5) is 20.1. The first kappa shape index (κ1) is 18.9. The van der Waals surface area contributed by atoms with Gasteiger partial charge in [0.1, 0.15) is 5.82 Å². The molecule has 0 saturated carbocycles. The number of aromatic nitrogens is 2. The Morgan fingerprint density at radius 3 is 2.65 bits per heavy atom. The van der Waals surface area contributed by atoms with Crippen LogP contribution < -0.4 is 5.32 Å². The largest absolute Gasteiger partial charge is 2.00 e. The molecule has 7 heteroatoms. The van der Waals surface area contributed by atoms with Gasteiger partial charge >= 0.3 is 43.7 Å². The Hall–Kier alpha value is -1.92. The summed E-state index contributed by atoms with van der Waals surface area (Å²) in [5.74, 6) is -0.367. The quantitative estimate of drug-likeness (QED) is 0.398. The fraction of sp³-hybridized carbons (Fsp3) is 0. The number of nitrogens with one attached hydrogen (secondary N) is 1. The topological polar surface area (TPSA) is 75.1 Å². The Kier molecular flexibility index (Phi) is 5.63. The van der Waals surface area contributed by atoms with Crippen LogP contribution in [0.3, 0.4) is 0 Å². The monoisotopic (exact) mass is 389 g/mol. The van der Waals surface area contributed by atoms with Gasteiger partial charge < -0.3 is 10.4 Å². The number of rotatable bonds is 3. The molecule has 0 bridgehead atoms. The van der Waals surface area contributed by atoms with Crippen molar-refractivity contribution in [3.8, 4) is 0 Å². The van der Waals surface area contributed by atoms with Crippen molar-refractivity contribution in [3.05, 3.63) is 71.5 Å². The Bertz CT molecular complexity index is 1130. The molecule has 0 saturated heterocycles. The number of carboxylic acid groups (broad SMARTS) is 1. The minimum Gasteiger partial charge on any atom is -0.478 e. The first-order valence-corrected chi connectivity index (χ1v) is 7.93. The minimum absolute atomic E-state index is 0. The molecule has 4 aromatic rings. The zero-order valence-corrected chi connectivity index (χ0v) is 16.6. The average Bonchev–Trinajstić information content (AvgIpc) is 2.61. The van der Waals surface area contributed by atoms with Crippen molar-refractivity contribution in [1.82, 2.24) is 9.97 Å². The van der Waals surface area contributed by atoms with E-state index in [4.69, 9.17) is 11.6 Å². The zero-order chi connectivity index (χ0) is 17.4. The van der Waals surface area contributed by atoms with Crippen LogP contribution in [0.2, 0.25) is 5.02 Å². The Morgan fingerprint density at radius 1 is 1.04 bits per heavy atom. The maximum absolute atomic E-state index is 11.3. The summed E-state index contributed by atoms with van der Waals surface area (Å²) in [6.45, 7) is 0. The SMILES string of the molecule is O=C(O)c1ccc2c(c1)nc(Nc1cccc(Cl)c1)c1ccncc12.[Ca+2]. The molecular formula is C19H12CaClN3O2+2. The number of hydrogen-bond donors (Lipinski definition) is 2. The normalized spacial score (nSPS) is 10.5. The fourth-order valence-electron chi connectivity index (χ4n) is 2.78. The molecular weight excluding hydrogens is 378 g/mol. The van der Waals surface area contributed by atoms with Gasteiger partial charge in [-0.15, -0.1) is 0 Å². The van der Waals surface area contributed by atoms with Gasteiger partial charge in [-0.2, -0.15) is 0 Å². The number of anilines is 2. The van der Waals surface area contributed by atoms with Crippen LogP contribution in [-0.2, 0) is 0 Å². The van der Waals surface area contributed by atoms with Gasteiger partial charge in [-0.05, 0) is 36.4 Å². The van der Waals surface area contributed by atoms with Gasteiger partial charge in [0.25, 0.3) is 0 Å². The molecule has 2 N–H and O–H groups in total. The van der Waals surface area contributed by atoms with Gasteiger partial charge in [-0.25, -0.2) is 9.78 Å². The third-order valence-corrected chi connectivity index (χ3v) is 4.17. The molecule has 0 fully saturated rings. The van der Waals surface area contributed by atoms with E-state index in [1.54, 1.807) is 42.7 Å². The summed E-state index contributed by atoms with van der Waals surface area (Å²) in [6, 6.07) is 14.1. The number of halogens is 1. The van der Waals surface area contributed by atoms with Crippen LogP contribution in [0.1, 0.15) is 10.4 Å². The van der Waals surface area contributed by atoms with Gasteiger partial charge in [-0.1, -0.05) is 23.7 Å². The maximum atomic E-state index is 11.3. The number of nitrogens with zero attached hydrogens (tertiary/aromatic N) is 2. The van der Waals surface area contributed by atoms with E-state index in [9.17, 15) is 9.90 Å². The number of hydrogen-bond acceptors (Lipinski definition) is 4. The molecule has 0 aliphatic carbocycles. The van der Waals surface area contributed by atoms with E-state index < -0.39 is 5.97 Å². The average molecular weight is 390 g/mol. The van der Waals surface area contributed by atoms with E-state index in [2.05, 4.69) is 15.3 Å². The predicted molar refractivity (Wildman–Crippen MR) is 104 cm³/mol. The molecule has 4 rings (SSSR count). The van der Waals surface area contributed by atoms with Crippen LogP contribution in [-0.4, -0.2) is 58.8 Å². The van der Waals surface area contributed by atoms with Crippen LogP contribution >= 0.6 is 11.6 Å². The van der Waals surface area contributed by atoms with Crippen molar-refractivity contribution in [3.63, 3.8) is 0 Å². The molecule has 26 heavy (non-hydrogen) atoms. The molecule has 0 amide bonds. The molecule has 2 heterocycles. The van der Waals surface area contributed by atoms with Gasteiger partial charge in [-0.3, -0.25) is 4.98 Å². The first-order valence-electron chi connectivity index (χ1n) is 7.55. The predicted octanol–water partition coefficient (Wildman–Crippen LogP) is 4.50. The van der Waals surface area contributed by atoms with Crippen molar-refractivity contribution >= 4 is 88.5 Å². The van der Waals surface area contributed by atoms with Crippen molar-refractivity contribution < 1.29 is 9.90 Å². The van der Waals surface area contributed by atoms with E-state index in [-0.39, 0.29) is 43.3 Å². The summed E-state index contributed by atoms with van der Waals surface area (Å²) < 4.78 is 0. The van der Waals surface area contributed by atoms with Gasteiger partial charge in [0.2, 0.25) is 0 Å². The molecule has 5 nitrogen and oxygen atoms in total. The van der Waals surface area contributed by atoms with Gasteiger partial charge in [0.05, 0.1) is 11.1 Å². The molecule has 2 aromatic carbocycles. The Morgan fingerprint density at radius 2 is 1.88 bits per heavy atom. The third-order valence-electron chi connectivity index (χ3n) is 3.93. The number of pyridine rings is 2. The summed E-state index contributed by atoms with van der Waals surface area (Å²) >= 11 is 6.04. The van der Waals surface area contributed by atoms with Crippen LogP contribution in [0, 0.1) is 0 Å². The number of aromatic carboxylic acids is 1. The van der Waals surface area contributed by atoms with Crippen LogP contribution in [0.25, 0.3) is 21.7 Å². The first-order chi connectivity index (χ1) is 12.1. The molecule has 0 atom stereocenters. The number of carbonyl (C=O) groups is 1. The molecule has 0 aliphatic rings. The van der Waals surface area contributed by atoms with Crippen molar-refractivity contribution in [2.24, 2.45) is 0 Å². The standard InChI is InChI=1S/C19H12ClN3O2.Ca/c20-12-2-1-3-13(9-12)22-18-15-6-7-21-10-16(15)14-5-4-11(19(24)25)8-17(14)23-18;/h1-10H,(H,22,23)(H,24,25);/q;+2. The van der Waals surface area contributed by atoms with Crippen molar-refractivity contribution in [2.75, 3.05) is 5.32 Å². The molecule has 0 unspecified atom stereocenters. The van der Waals surface area contributed by atoms with Crippen LogP contribution in [0.4, 0.5) is 11.5 Å². The van der Waals surface area contributed by atoms with Gasteiger partial charge in [0, 0.05) is 39.3 Å². The third kappa shape index (κ3) is 3.62. The van der Waals surface area contributed by atoms with Crippen molar-refractivity contribution in [1.29, 1.82) is 0 Å². The number of carboxylic acids is 1. The molecule has 0 aliphatic heterocycles. The molecule has 0 radical (unpaired) electrons. The van der Waals surface area contributed by atoms with E-state index in [0.29, 0.717) is 16.4 Å². The van der Waals surface area contributed by atoms with E-state index in [1.807, 2.05) is 18.2 Å². The maximum Gasteiger partial charge on any atom is 2.00 e. The van der Waals surface area contributed by atoms with Crippen LogP contribution in [0.15, 0.2) is 60.9 Å². The van der Waals surface area contributed by atoms with Gasteiger partial charge in [0.15, 0.2) is 0 Å². The summed E-state index contributed by atoms with van der Waals surface area (Å²) in [5, 5.41) is 15.7. The number of benzene rings is 2. The summed E-state index contributed by atoms with van der Waals surface area (Å²) in [6.07, 6.45) is 3.45. The fourth-order valence-corrected chi connectivity index (χ4v) is 2.97. The van der Waals surface area contributed by atoms with E-state index in [1.165, 1.54) is 0 Å². The Labute approximate surface area is 184 Å². The molecule has 0 spiro atoms. The smallest absolute Gasteiger partial charge is 0.478 e. The zero-order valence-electron chi connectivity index (χ0n) is 13.6. The summed E-state index contributed by atoms with van der Waals surface area (Å²) in [5.41, 5.74) is 1.58. The van der Waals surface area contributed by atoms with Crippen molar-refractivity contribution in [2.45, 2.75) is 0 Å². The minimum atomic E-state index is -0.987.